The molecule has 0 aliphatic carbocycles. The van der Waals surface area contributed by atoms with Gasteiger partial charge in [-0.15, -0.1) is 11.6 Å². The van der Waals surface area contributed by atoms with Crippen LogP contribution in [0.3, 0.4) is 0 Å². The predicted octanol–water partition coefficient (Wildman–Crippen LogP) is 5.00. The van der Waals surface area contributed by atoms with E-state index in [4.69, 9.17) is 16.7 Å². The first-order valence-corrected chi connectivity index (χ1v) is 12.4. The number of carboxylic acid groups (broad SMARTS) is 1. The lowest BCUT2D eigenvalue weighted by molar-refractivity contribution is -0.136. The van der Waals surface area contributed by atoms with Gasteiger partial charge in [0.05, 0.1) is 18.7 Å². The van der Waals surface area contributed by atoms with Gasteiger partial charge < -0.3 is 5.11 Å². The summed E-state index contributed by atoms with van der Waals surface area (Å²) in [6.07, 6.45) is 4.31. The monoisotopic (exact) mass is 451 g/mol. The first-order valence-electron chi connectivity index (χ1n) is 10.2. The summed E-state index contributed by atoms with van der Waals surface area (Å²) in [5.41, 5.74) is 2.36. The fourth-order valence-corrected chi connectivity index (χ4v) is 4.77. The molecule has 164 valence electrons. The highest BCUT2D eigenvalue weighted by molar-refractivity contribution is 7.88. The molecule has 7 heteroatoms. The first kappa shape index (κ1) is 24.4. The fraction of sp³-hybridized carbons (Fsp3) is 0.435. The number of rotatable bonds is 12. The maximum atomic E-state index is 12.8. The second kappa shape index (κ2) is 11.5. The largest absolute Gasteiger partial charge is 0.481 e. The summed E-state index contributed by atoms with van der Waals surface area (Å²) < 4.78 is 27.1. The number of halogens is 1. The Morgan fingerprint density at radius 3 is 2.33 bits per heavy atom. The van der Waals surface area contributed by atoms with Crippen molar-refractivity contribution in [3.8, 4) is 0 Å². The number of carbonyl (C=O) groups is 1. The van der Waals surface area contributed by atoms with Crippen LogP contribution in [0.2, 0.25) is 0 Å². The summed E-state index contributed by atoms with van der Waals surface area (Å²) in [6, 6.07) is 16.4. The number of aliphatic carboxylic acids is 1. The molecule has 0 radical (unpaired) electrons. The molecule has 2 unspecified atom stereocenters. The van der Waals surface area contributed by atoms with E-state index < -0.39 is 16.0 Å². The average Bonchev–Trinajstić information content (AvgIpc) is 2.69. The molecule has 0 bridgehead atoms. The Morgan fingerprint density at radius 1 is 1.07 bits per heavy atom. The van der Waals surface area contributed by atoms with E-state index in [1.54, 1.807) is 18.2 Å². The summed E-state index contributed by atoms with van der Waals surface area (Å²) >= 11 is 6.27. The van der Waals surface area contributed by atoms with Crippen LogP contribution in [0.1, 0.15) is 55.3 Å². The van der Waals surface area contributed by atoms with Crippen LogP contribution in [0.25, 0.3) is 0 Å². The van der Waals surface area contributed by atoms with Gasteiger partial charge in [-0.25, -0.2) is 8.42 Å². The maximum absolute atomic E-state index is 12.8. The van der Waals surface area contributed by atoms with Gasteiger partial charge in [-0.3, -0.25) is 4.79 Å². The molecule has 0 fully saturated rings. The number of benzene rings is 2. The lowest BCUT2D eigenvalue weighted by Gasteiger charge is -2.30. The van der Waals surface area contributed by atoms with E-state index in [1.165, 1.54) is 10.6 Å². The minimum atomic E-state index is -3.52. The van der Waals surface area contributed by atoms with Crippen LogP contribution >= 0.6 is 11.6 Å². The molecule has 0 heterocycles. The SMILES string of the molecule is CCC(Cl)CCCC(c1ccccc1)N(Cc1cccc(CC(=O)O)c1)S(C)(=O)=O. The standard InChI is InChI=1S/C23H30ClNO4S/c1-3-21(24)13-8-14-22(20-11-5-4-6-12-20)25(30(2,28)29)17-19-10-7-9-18(15-19)16-23(26)27/h4-7,9-12,15,21-22H,3,8,13-14,16-17H2,1-2H3,(H,26,27). The van der Waals surface area contributed by atoms with E-state index in [2.05, 4.69) is 0 Å². The number of carboxylic acids is 1. The molecule has 0 aliphatic rings. The normalized spacial score (nSPS) is 13.9. The Hall–Kier alpha value is -1.89. The molecule has 0 spiro atoms. The number of hydrogen-bond acceptors (Lipinski definition) is 3. The molecule has 0 saturated heterocycles. The predicted molar refractivity (Wildman–Crippen MR) is 121 cm³/mol. The molecule has 0 aromatic heterocycles. The van der Waals surface area contributed by atoms with E-state index in [0.29, 0.717) is 12.0 Å². The van der Waals surface area contributed by atoms with E-state index in [9.17, 15) is 13.2 Å². The van der Waals surface area contributed by atoms with Crippen molar-refractivity contribution >= 4 is 27.6 Å². The molecular weight excluding hydrogens is 422 g/mol. The van der Waals surface area contributed by atoms with Crippen LogP contribution in [0.4, 0.5) is 0 Å². The minimum Gasteiger partial charge on any atom is -0.481 e. The number of alkyl halides is 1. The van der Waals surface area contributed by atoms with Gasteiger partial charge in [0.15, 0.2) is 0 Å². The zero-order valence-corrected chi connectivity index (χ0v) is 19.1. The fourth-order valence-electron chi connectivity index (χ4n) is 3.54. The van der Waals surface area contributed by atoms with Crippen LogP contribution in [0, 0.1) is 0 Å². The molecule has 2 aromatic carbocycles. The van der Waals surface area contributed by atoms with Gasteiger partial charge in [0.25, 0.3) is 0 Å². The van der Waals surface area contributed by atoms with Crippen molar-refractivity contribution in [2.45, 2.75) is 57.0 Å². The minimum absolute atomic E-state index is 0.0841. The molecule has 30 heavy (non-hydrogen) atoms. The van der Waals surface area contributed by atoms with Gasteiger partial charge in [0, 0.05) is 11.9 Å². The molecule has 0 saturated carbocycles. The van der Waals surface area contributed by atoms with Crippen molar-refractivity contribution < 1.29 is 18.3 Å². The first-order chi connectivity index (χ1) is 14.2. The average molecular weight is 452 g/mol. The van der Waals surface area contributed by atoms with Crippen molar-refractivity contribution in [1.29, 1.82) is 0 Å². The Morgan fingerprint density at radius 2 is 1.73 bits per heavy atom. The molecule has 0 amide bonds. The third kappa shape index (κ3) is 7.74. The van der Waals surface area contributed by atoms with Crippen LogP contribution in [-0.2, 0) is 27.8 Å². The van der Waals surface area contributed by atoms with Gasteiger partial charge in [-0.2, -0.15) is 4.31 Å². The highest BCUT2D eigenvalue weighted by Crippen LogP contribution is 2.31. The molecular formula is C23H30ClNO4S. The lowest BCUT2D eigenvalue weighted by Crippen LogP contribution is -2.34. The highest BCUT2D eigenvalue weighted by Gasteiger charge is 2.28. The van der Waals surface area contributed by atoms with E-state index in [0.717, 1.165) is 30.4 Å². The van der Waals surface area contributed by atoms with Gasteiger partial charge >= 0.3 is 5.97 Å². The molecule has 5 nitrogen and oxygen atoms in total. The Labute approximate surface area is 184 Å². The Balaban J connectivity index is 2.33. The van der Waals surface area contributed by atoms with Gasteiger partial charge in [-0.1, -0.05) is 67.9 Å². The third-order valence-electron chi connectivity index (χ3n) is 5.08. The zero-order valence-electron chi connectivity index (χ0n) is 17.5. The van der Waals surface area contributed by atoms with Crippen molar-refractivity contribution in [1.82, 2.24) is 4.31 Å². The van der Waals surface area contributed by atoms with Crippen molar-refractivity contribution in [2.75, 3.05) is 6.26 Å². The molecule has 0 aliphatic heterocycles. The van der Waals surface area contributed by atoms with Crippen LogP contribution < -0.4 is 0 Å². The van der Waals surface area contributed by atoms with Crippen molar-refractivity contribution in [2.24, 2.45) is 0 Å². The number of sulfonamides is 1. The van der Waals surface area contributed by atoms with Crippen molar-refractivity contribution in [3.05, 3.63) is 71.3 Å². The van der Waals surface area contributed by atoms with Crippen LogP contribution in [-0.4, -0.2) is 35.4 Å². The summed E-state index contributed by atoms with van der Waals surface area (Å²) in [7, 11) is -3.52. The summed E-state index contributed by atoms with van der Waals surface area (Å²) in [5, 5.41) is 9.14. The number of nitrogens with zero attached hydrogens (tertiary/aromatic N) is 1. The Kier molecular flexibility index (Phi) is 9.34. The van der Waals surface area contributed by atoms with E-state index in [-0.39, 0.29) is 24.4 Å². The van der Waals surface area contributed by atoms with E-state index in [1.807, 2.05) is 43.3 Å². The van der Waals surface area contributed by atoms with E-state index >= 15 is 0 Å². The van der Waals surface area contributed by atoms with Crippen molar-refractivity contribution in [3.63, 3.8) is 0 Å². The second-order valence-corrected chi connectivity index (χ2v) is 10.1. The lowest BCUT2D eigenvalue weighted by atomic mass is 9.99. The molecule has 2 aromatic rings. The Bertz CT molecular complexity index is 918. The van der Waals surface area contributed by atoms with Gasteiger partial charge in [-0.05, 0) is 36.0 Å². The van der Waals surface area contributed by atoms with Crippen LogP contribution in [0.5, 0.6) is 0 Å². The topological polar surface area (TPSA) is 74.7 Å². The summed E-state index contributed by atoms with van der Waals surface area (Å²) in [5.74, 6) is -0.916. The smallest absolute Gasteiger partial charge is 0.307 e. The maximum Gasteiger partial charge on any atom is 0.307 e. The number of hydrogen-bond donors (Lipinski definition) is 1. The third-order valence-corrected chi connectivity index (χ3v) is 6.84. The quantitative estimate of drug-likeness (QED) is 0.460. The molecule has 1 N–H and O–H groups in total. The second-order valence-electron chi connectivity index (χ2n) is 7.56. The molecule has 2 atom stereocenters. The molecule has 2 rings (SSSR count). The van der Waals surface area contributed by atoms with Gasteiger partial charge in [0.1, 0.15) is 0 Å². The van der Waals surface area contributed by atoms with Crippen LogP contribution in [0.15, 0.2) is 54.6 Å². The zero-order chi connectivity index (χ0) is 22.1. The van der Waals surface area contributed by atoms with Gasteiger partial charge in [0.2, 0.25) is 10.0 Å². The summed E-state index contributed by atoms with van der Waals surface area (Å²) in [4.78, 5) is 11.0. The summed E-state index contributed by atoms with van der Waals surface area (Å²) in [6.45, 7) is 2.23. The highest BCUT2D eigenvalue weighted by atomic mass is 35.5.